The molecule has 1 heterocycles. The highest BCUT2D eigenvalue weighted by atomic mass is 16.5. The van der Waals surface area contributed by atoms with Crippen LogP contribution < -0.4 is 15.1 Å². The fraction of sp³-hybridized carbons (Fsp3) is 0.391. The molecule has 1 aliphatic heterocycles. The van der Waals surface area contributed by atoms with E-state index in [1.165, 1.54) is 10.5 Å². The molecule has 0 aliphatic carbocycles. The average molecular weight is 397 g/mol. The number of hydrazone groups is 1. The van der Waals surface area contributed by atoms with E-state index >= 15 is 0 Å². The summed E-state index contributed by atoms with van der Waals surface area (Å²) in [6.45, 7) is 9.21. The zero-order chi connectivity index (χ0) is 20.6. The quantitative estimate of drug-likeness (QED) is 0.554. The van der Waals surface area contributed by atoms with Crippen LogP contribution >= 0.6 is 0 Å². The molecule has 6 heteroatoms. The summed E-state index contributed by atoms with van der Waals surface area (Å²) >= 11 is 0. The number of nitrogens with zero attached hydrogens (tertiary/aromatic N) is 1. The van der Waals surface area contributed by atoms with Crippen LogP contribution in [0.5, 0.6) is 5.75 Å². The first-order valence-corrected chi connectivity index (χ1v) is 10.0. The maximum absolute atomic E-state index is 12.3. The van der Waals surface area contributed by atoms with Crippen molar-refractivity contribution < 1.29 is 19.2 Å². The molecule has 1 fully saturated rings. The van der Waals surface area contributed by atoms with Crippen molar-refractivity contribution in [3.8, 4) is 5.75 Å². The van der Waals surface area contributed by atoms with Crippen LogP contribution in [0.2, 0.25) is 0 Å². The summed E-state index contributed by atoms with van der Waals surface area (Å²) in [4.78, 5) is 13.6. The number of aryl methyl sites for hydroxylation is 2. The van der Waals surface area contributed by atoms with E-state index in [-0.39, 0.29) is 18.6 Å². The highest BCUT2D eigenvalue weighted by molar-refractivity contribution is 5.88. The first kappa shape index (κ1) is 21.0. The third-order valence-electron chi connectivity index (χ3n) is 5.02. The van der Waals surface area contributed by atoms with Crippen LogP contribution in [0.3, 0.4) is 0 Å². The molecule has 6 nitrogen and oxygen atoms in total. The summed E-state index contributed by atoms with van der Waals surface area (Å²) in [5.41, 5.74) is 6.92. The van der Waals surface area contributed by atoms with E-state index in [2.05, 4.69) is 28.7 Å². The molecule has 0 radical (unpaired) electrons. The second kappa shape index (κ2) is 10.2. The minimum Gasteiger partial charge on any atom is -0.484 e. The summed E-state index contributed by atoms with van der Waals surface area (Å²) in [6, 6.07) is 16.3. The fourth-order valence-electron chi connectivity index (χ4n) is 3.75. The third-order valence-corrected chi connectivity index (χ3v) is 5.02. The van der Waals surface area contributed by atoms with Crippen molar-refractivity contribution in [2.24, 2.45) is 5.10 Å². The Kier molecular flexibility index (Phi) is 7.38. The number of amides is 1. The predicted octanol–water partition coefficient (Wildman–Crippen LogP) is 1.83. The van der Waals surface area contributed by atoms with E-state index in [0.29, 0.717) is 5.75 Å². The summed E-state index contributed by atoms with van der Waals surface area (Å²) in [5.74, 6) is 0.422. The topological polar surface area (TPSA) is 64.4 Å². The molecule has 3 rings (SSSR count). The first-order valence-electron chi connectivity index (χ1n) is 10.0. The van der Waals surface area contributed by atoms with Crippen LogP contribution in [0, 0.1) is 13.8 Å². The summed E-state index contributed by atoms with van der Waals surface area (Å²) in [6.07, 6.45) is 0. The normalized spacial score (nSPS) is 16.3. The van der Waals surface area contributed by atoms with Crippen molar-refractivity contribution in [3.05, 3.63) is 65.2 Å². The highest BCUT2D eigenvalue weighted by Gasteiger charge is 2.29. The molecular formula is C23H30N3O3+. The van der Waals surface area contributed by atoms with Crippen LogP contribution in [0.1, 0.15) is 29.7 Å². The van der Waals surface area contributed by atoms with Gasteiger partial charge >= 0.3 is 0 Å². The zero-order valence-electron chi connectivity index (χ0n) is 17.4. The lowest BCUT2D eigenvalue weighted by molar-refractivity contribution is -0.928. The van der Waals surface area contributed by atoms with Gasteiger partial charge in [-0.3, -0.25) is 4.79 Å². The van der Waals surface area contributed by atoms with Gasteiger partial charge in [0, 0.05) is 5.56 Å². The van der Waals surface area contributed by atoms with Gasteiger partial charge in [0.1, 0.15) is 18.8 Å². The molecule has 1 atom stereocenters. The molecular weight excluding hydrogens is 366 g/mol. The second-order valence-corrected chi connectivity index (χ2v) is 7.51. The maximum atomic E-state index is 12.3. The Morgan fingerprint density at radius 2 is 1.79 bits per heavy atom. The van der Waals surface area contributed by atoms with Gasteiger partial charge in [0.25, 0.3) is 5.91 Å². The van der Waals surface area contributed by atoms with Crippen molar-refractivity contribution >= 4 is 11.6 Å². The Bertz CT molecular complexity index is 825. The minimum atomic E-state index is -0.271. The van der Waals surface area contributed by atoms with E-state index in [1.807, 2.05) is 51.1 Å². The summed E-state index contributed by atoms with van der Waals surface area (Å²) in [7, 11) is 0. The minimum absolute atomic E-state index is 0.0694. The lowest BCUT2D eigenvalue weighted by Crippen LogP contribution is -3.15. The molecule has 2 aromatic carbocycles. The molecule has 0 bridgehead atoms. The molecule has 2 N–H and O–H groups in total. The van der Waals surface area contributed by atoms with E-state index in [1.54, 1.807) is 0 Å². The predicted molar refractivity (Wildman–Crippen MR) is 113 cm³/mol. The number of rotatable bonds is 7. The Balaban J connectivity index is 1.64. The number of carbonyl (C=O) groups is 1. The number of quaternary nitrogens is 1. The van der Waals surface area contributed by atoms with Gasteiger partial charge in [-0.1, -0.05) is 36.4 Å². The van der Waals surface area contributed by atoms with Crippen molar-refractivity contribution in [1.82, 2.24) is 5.43 Å². The largest absolute Gasteiger partial charge is 0.484 e. The molecule has 29 heavy (non-hydrogen) atoms. The van der Waals surface area contributed by atoms with Crippen LogP contribution in [0.15, 0.2) is 53.6 Å². The highest BCUT2D eigenvalue weighted by Crippen LogP contribution is 2.16. The lowest BCUT2D eigenvalue weighted by Gasteiger charge is -2.31. The molecule has 1 amide bonds. The summed E-state index contributed by atoms with van der Waals surface area (Å²) < 4.78 is 11.1. The third kappa shape index (κ3) is 6.14. The number of benzene rings is 2. The monoisotopic (exact) mass is 396 g/mol. The van der Waals surface area contributed by atoms with Crippen LogP contribution in [0.4, 0.5) is 0 Å². The van der Waals surface area contributed by atoms with Crippen molar-refractivity contribution in [1.29, 1.82) is 0 Å². The van der Waals surface area contributed by atoms with Gasteiger partial charge in [-0.25, -0.2) is 5.43 Å². The fourth-order valence-corrected chi connectivity index (χ4v) is 3.75. The van der Waals surface area contributed by atoms with Gasteiger partial charge in [0.15, 0.2) is 12.6 Å². The average Bonchev–Trinajstić information content (AvgIpc) is 2.72. The van der Waals surface area contributed by atoms with Gasteiger partial charge in [0.05, 0.1) is 18.9 Å². The van der Waals surface area contributed by atoms with E-state index < -0.39 is 0 Å². The van der Waals surface area contributed by atoms with E-state index in [0.717, 1.165) is 43.1 Å². The van der Waals surface area contributed by atoms with Gasteiger partial charge in [-0.05, 0) is 44.0 Å². The van der Waals surface area contributed by atoms with Crippen molar-refractivity contribution in [2.75, 3.05) is 32.9 Å². The number of hydrogen-bond acceptors (Lipinski definition) is 4. The van der Waals surface area contributed by atoms with Crippen LogP contribution in [0.25, 0.3) is 0 Å². The van der Waals surface area contributed by atoms with Crippen LogP contribution in [-0.2, 0) is 9.53 Å². The Morgan fingerprint density at radius 3 is 2.45 bits per heavy atom. The summed E-state index contributed by atoms with van der Waals surface area (Å²) in [5, 5.41) is 4.40. The smallest absolute Gasteiger partial charge is 0.277 e. The molecule has 154 valence electrons. The molecule has 1 saturated heterocycles. The molecule has 0 spiro atoms. The van der Waals surface area contributed by atoms with Crippen LogP contribution in [-0.4, -0.2) is 44.5 Å². The van der Waals surface area contributed by atoms with Gasteiger partial charge < -0.3 is 14.4 Å². The van der Waals surface area contributed by atoms with Gasteiger partial charge in [-0.2, -0.15) is 5.10 Å². The number of carbonyl (C=O) groups excluding carboxylic acids is 1. The lowest BCUT2D eigenvalue weighted by atomic mass is 10.0. The Hall–Kier alpha value is -2.70. The molecule has 1 aliphatic rings. The number of ether oxygens (including phenoxy) is 2. The Morgan fingerprint density at radius 1 is 1.14 bits per heavy atom. The van der Waals surface area contributed by atoms with E-state index in [9.17, 15) is 4.79 Å². The number of hydrogen-bond donors (Lipinski definition) is 2. The molecule has 0 saturated carbocycles. The number of nitrogens with one attached hydrogen (secondary N) is 2. The molecule has 2 aromatic rings. The maximum Gasteiger partial charge on any atom is 0.277 e. The molecule has 0 unspecified atom stereocenters. The SMILES string of the molecule is C/C(=N/NC(=O)COc1cc(C)cc(C)c1)[C@@H](c1ccccc1)[NH+]1CCOCC1. The van der Waals surface area contributed by atoms with E-state index in [4.69, 9.17) is 9.47 Å². The molecule has 0 aromatic heterocycles. The zero-order valence-corrected chi connectivity index (χ0v) is 17.4. The first-order chi connectivity index (χ1) is 14.0. The van der Waals surface area contributed by atoms with Gasteiger partial charge in [-0.15, -0.1) is 0 Å². The van der Waals surface area contributed by atoms with Crippen molar-refractivity contribution in [3.63, 3.8) is 0 Å². The van der Waals surface area contributed by atoms with Crippen molar-refractivity contribution in [2.45, 2.75) is 26.8 Å². The standard InChI is InChI=1S/C23H29N3O3/c1-17-13-18(2)15-21(14-17)29-16-22(27)25-24-19(3)23(20-7-5-4-6-8-20)26-9-11-28-12-10-26/h4-8,13-15,23H,9-12,16H2,1-3H3,(H,25,27)/p+1/b24-19-/t23-/m0/s1. The van der Waals surface area contributed by atoms with Gasteiger partial charge in [0.2, 0.25) is 0 Å². The Labute approximate surface area is 172 Å². The second-order valence-electron chi connectivity index (χ2n) is 7.51. The number of morpholine rings is 1.